The molecule has 0 radical (unpaired) electrons. The molecule has 0 bridgehead atoms. The predicted octanol–water partition coefficient (Wildman–Crippen LogP) is 3.24. The lowest BCUT2D eigenvalue weighted by Crippen LogP contribution is -2.46. The highest BCUT2D eigenvalue weighted by molar-refractivity contribution is 7.89. The lowest BCUT2D eigenvalue weighted by molar-refractivity contribution is -0.129. The van der Waals surface area contributed by atoms with Crippen LogP contribution in [-0.4, -0.2) is 43.4 Å². The largest absolute Gasteiger partial charge is 0.504 e. The molecule has 3 aromatic carbocycles. The Kier molecular flexibility index (Phi) is 7.17. The maximum Gasteiger partial charge on any atom is 0.253 e. The van der Waals surface area contributed by atoms with Gasteiger partial charge in [-0.1, -0.05) is 48.9 Å². The van der Waals surface area contributed by atoms with Gasteiger partial charge in [-0.3, -0.25) is 14.4 Å². The minimum absolute atomic E-state index is 0.0541. The van der Waals surface area contributed by atoms with Crippen molar-refractivity contribution in [3.05, 3.63) is 73.5 Å². The van der Waals surface area contributed by atoms with Gasteiger partial charge in [0.1, 0.15) is 16.3 Å². The number of aromatic hydroxyl groups is 1. The molecule has 12 heteroatoms. The van der Waals surface area contributed by atoms with Crippen molar-refractivity contribution in [2.24, 2.45) is 5.41 Å². The average Bonchev–Trinajstić information content (AvgIpc) is 3.28. The van der Waals surface area contributed by atoms with Crippen LogP contribution in [0.2, 0.25) is 5.02 Å². The van der Waals surface area contributed by atoms with Gasteiger partial charge in [-0.25, -0.2) is 8.42 Å². The van der Waals surface area contributed by atoms with Crippen molar-refractivity contribution in [2.45, 2.75) is 43.5 Å². The van der Waals surface area contributed by atoms with Crippen LogP contribution in [0.3, 0.4) is 0 Å². The molecule has 0 aliphatic carbocycles. The molecule has 2 aliphatic heterocycles. The zero-order valence-corrected chi connectivity index (χ0v) is 22.9. The van der Waals surface area contributed by atoms with Crippen molar-refractivity contribution in [2.75, 3.05) is 30.3 Å². The number of phenols is 1. The first kappa shape index (κ1) is 27.2. The fourth-order valence-electron chi connectivity index (χ4n) is 5.43. The van der Waals surface area contributed by atoms with E-state index in [1.807, 2.05) is 37.3 Å². The number of sulfonamides is 1. The first-order valence-corrected chi connectivity index (χ1v) is 14.6. The van der Waals surface area contributed by atoms with Crippen molar-refractivity contribution >= 4 is 44.6 Å². The third-order valence-electron chi connectivity index (χ3n) is 7.83. The summed E-state index contributed by atoms with van der Waals surface area (Å²) in [6, 6.07) is 11.9. The standard InChI is InChI=1S/C27H29ClN4O6S/c1-2-18(16-6-4-3-5-7-16)30-20-21(24(35)23(20)34)31-19-9-8-17(28)25(22(19)33)39(37,38)32-14-11-27(12-15-32)10-13-29-26(27)36/h3-9,18,30-31,33H,2,10-15H2,1H3,(H,29,36)/t18-/m1/s1. The number of amides is 1. The van der Waals surface area contributed by atoms with Crippen LogP contribution in [0.1, 0.15) is 44.2 Å². The third-order valence-corrected chi connectivity index (χ3v) is 10.2. The number of phenolic OH excluding ortho intramolecular Hbond substituents is 1. The Hall–Kier alpha value is -3.41. The molecular weight excluding hydrogens is 544 g/mol. The van der Waals surface area contributed by atoms with Crippen molar-refractivity contribution < 1.29 is 18.3 Å². The Labute approximate surface area is 230 Å². The Bertz CT molecular complexity index is 1590. The first-order valence-electron chi connectivity index (χ1n) is 12.8. The van der Waals surface area contributed by atoms with Crippen LogP contribution < -0.4 is 26.8 Å². The van der Waals surface area contributed by atoms with E-state index in [1.54, 1.807) is 0 Å². The van der Waals surface area contributed by atoms with E-state index in [0.717, 1.165) is 5.56 Å². The summed E-state index contributed by atoms with van der Waals surface area (Å²) in [5, 5.41) is 19.5. The summed E-state index contributed by atoms with van der Waals surface area (Å²) in [5.41, 5.74) is -1.20. The Morgan fingerprint density at radius 2 is 1.69 bits per heavy atom. The number of benzene rings is 2. The number of nitrogens with one attached hydrogen (secondary N) is 3. The van der Waals surface area contributed by atoms with E-state index in [0.29, 0.717) is 32.2 Å². The lowest BCUT2D eigenvalue weighted by atomic mass is 9.78. The monoisotopic (exact) mass is 572 g/mol. The summed E-state index contributed by atoms with van der Waals surface area (Å²) in [7, 11) is -4.23. The number of rotatable bonds is 8. The minimum Gasteiger partial charge on any atom is -0.504 e. The Balaban J connectivity index is 1.41. The molecule has 4 N–H and O–H groups in total. The molecular formula is C27H29ClN4O6S. The van der Waals surface area contributed by atoms with Crippen molar-refractivity contribution in [3.8, 4) is 5.75 Å². The van der Waals surface area contributed by atoms with Gasteiger partial charge in [0.2, 0.25) is 15.9 Å². The van der Waals surface area contributed by atoms with Crippen LogP contribution >= 0.6 is 11.6 Å². The second kappa shape index (κ2) is 10.3. The minimum atomic E-state index is -4.23. The van der Waals surface area contributed by atoms with E-state index in [1.165, 1.54) is 16.4 Å². The third kappa shape index (κ3) is 4.68. The molecule has 0 saturated carbocycles. The first-order chi connectivity index (χ1) is 18.6. The molecule has 0 unspecified atom stereocenters. The molecule has 2 heterocycles. The summed E-state index contributed by atoms with van der Waals surface area (Å²) in [5.74, 6) is -0.711. The average molecular weight is 573 g/mol. The predicted molar refractivity (Wildman–Crippen MR) is 149 cm³/mol. The van der Waals surface area contributed by atoms with Gasteiger partial charge in [-0.2, -0.15) is 4.31 Å². The number of halogens is 1. The van der Waals surface area contributed by atoms with E-state index in [2.05, 4.69) is 16.0 Å². The summed E-state index contributed by atoms with van der Waals surface area (Å²) in [6.07, 6.45) is 2.03. The van der Waals surface area contributed by atoms with E-state index in [-0.39, 0.29) is 47.1 Å². The number of nitrogens with zero attached hydrogens (tertiary/aromatic N) is 1. The molecule has 5 rings (SSSR count). The van der Waals surface area contributed by atoms with Crippen LogP contribution in [0.4, 0.5) is 17.1 Å². The second-order valence-electron chi connectivity index (χ2n) is 10.0. The topological polar surface area (TPSA) is 145 Å². The van der Waals surface area contributed by atoms with Gasteiger partial charge >= 0.3 is 0 Å². The number of hydrogen-bond acceptors (Lipinski definition) is 8. The molecule has 2 saturated heterocycles. The van der Waals surface area contributed by atoms with Crippen molar-refractivity contribution in [1.29, 1.82) is 0 Å². The van der Waals surface area contributed by atoms with Gasteiger partial charge < -0.3 is 21.1 Å². The summed E-state index contributed by atoms with van der Waals surface area (Å²) in [4.78, 5) is 36.7. The van der Waals surface area contributed by atoms with Crippen LogP contribution in [-0.2, 0) is 14.8 Å². The fraction of sp³-hybridized carbons (Fsp3) is 0.370. The zero-order valence-electron chi connectivity index (χ0n) is 21.3. The normalized spacial score (nSPS) is 18.3. The van der Waals surface area contributed by atoms with Crippen LogP contribution in [0.5, 0.6) is 5.75 Å². The van der Waals surface area contributed by atoms with E-state index in [4.69, 9.17) is 11.6 Å². The lowest BCUT2D eigenvalue weighted by Gasteiger charge is -2.36. The van der Waals surface area contributed by atoms with Gasteiger partial charge in [-0.15, -0.1) is 0 Å². The van der Waals surface area contributed by atoms with Crippen LogP contribution in [0.25, 0.3) is 0 Å². The van der Waals surface area contributed by atoms with Gasteiger partial charge in [-0.05, 0) is 43.4 Å². The maximum absolute atomic E-state index is 13.6. The molecule has 206 valence electrons. The van der Waals surface area contributed by atoms with E-state index >= 15 is 0 Å². The SMILES string of the molecule is CC[C@@H](Nc1c(Nc2ccc(Cl)c(S(=O)(=O)N3CCC4(CCNC4=O)CC3)c2O)c(=O)c1=O)c1ccccc1. The number of carbonyl (C=O) groups excluding carboxylic acids is 1. The summed E-state index contributed by atoms with van der Waals surface area (Å²) >= 11 is 6.27. The van der Waals surface area contributed by atoms with Gasteiger partial charge in [0, 0.05) is 19.6 Å². The maximum atomic E-state index is 13.6. The fourth-order valence-corrected chi connectivity index (χ4v) is 7.47. The smallest absolute Gasteiger partial charge is 0.253 e. The highest BCUT2D eigenvalue weighted by Gasteiger charge is 2.47. The summed E-state index contributed by atoms with van der Waals surface area (Å²) in [6.45, 7) is 2.72. The molecule has 3 aromatic rings. The Morgan fingerprint density at radius 1 is 1.03 bits per heavy atom. The molecule has 10 nitrogen and oxygen atoms in total. The number of carbonyl (C=O) groups is 1. The summed E-state index contributed by atoms with van der Waals surface area (Å²) < 4.78 is 28.3. The molecule has 0 aromatic heterocycles. The number of anilines is 3. The zero-order chi connectivity index (χ0) is 27.9. The van der Waals surface area contributed by atoms with E-state index < -0.39 is 36.9 Å². The molecule has 1 spiro atoms. The number of piperidine rings is 1. The molecule has 1 amide bonds. The second-order valence-corrected chi connectivity index (χ2v) is 12.3. The van der Waals surface area contributed by atoms with Gasteiger partial charge in [0.25, 0.3) is 10.9 Å². The van der Waals surface area contributed by atoms with Crippen LogP contribution in [0.15, 0.2) is 56.9 Å². The number of hydrogen-bond donors (Lipinski definition) is 4. The van der Waals surface area contributed by atoms with E-state index in [9.17, 15) is 27.9 Å². The highest BCUT2D eigenvalue weighted by atomic mass is 35.5. The van der Waals surface area contributed by atoms with Crippen molar-refractivity contribution in [3.63, 3.8) is 0 Å². The molecule has 2 fully saturated rings. The van der Waals surface area contributed by atoms with Crippen LogP contribution in [0, 0.1) is 5.41 Å². The highest BCUT2D eigenvalue weighted by Crippen LogP contribution is 2.43. The quantitative estimate of drug-likeness (QED) is 0.238. The molecule has 1 atom stereocenters. The molecule has 2 aliphatic rings. The van der Waals surface area contributed by atoms with Crippen molar-refractivity contribution in [1.82, 2.24) is 9.62 Å². The van der Waals surface area contributed by atoms with Gasteiger partial charge in [0.15, 0.2) is 5.75 Å². The van der Waals surface area contributed by atoms with Gasteiger partial charge in [0.05, 0.1) is 22.2 Å². The Morgan fingerprint density at radius 3 is 2.31 bits per heavy atom. The molecule has 39 heavy (non-hydrogen) atoms.